The monoisotopic (exact) mass is 428 g/mol. The zero-order valence-electron chi connectivity index (χ0n) is 16.4. The normalized spacial score (nSPS) is 10.9. The molecule has 0 atom stereocenters. The number of amides is 1. The third kappa shape index (κ3) is 3.67. The van der Waals surface area contributed by atoms with E-state index in [1.807, 2.05) is 12.1 Å². The molecule has 1 N–H and O–H groups in total. The SMILES string of the molecule is O=C(Nc1cccc(-c2ccc3nnc(-c4cccnc4)n3n2)c1)c1ccc(F)c(F)c1. The summed E-state index contributed by atoms with van der Waals surface area (Å²) in [6, 6.07) is 17.3. The van der Waals surface area contributed by atoms with E-state index in [-0.39, 0.29) is 5.56 Å². The number of halogens is 2. The molecule has 5 aromatic rings. The van der Waals surface area contributed by atoms with Crippen molar-refractivity contribution in [2.24, 2.45) is 0 Å². The number of nitrogens with one attached hydrogen (secondary N) is 1. The van der Waals surface area contributed by atoms with Gasteiger partial charge in [-0.05, 0) is 54.6 Å². The van der Waals surface area contributed by atoms with Crippen LogP contribution in [0.3, 0.4) is 0 Å². The van der Waals surface area contributed by atoms with Crippen LogP contribution >= 0.6 is 0 Å². The van der Waals surface area contributed by atoms with E-state index in [0.29, 0.717) is 22.9 Å². The maximum atomic E-state index is 13.4. The van der Waals surface area contributed by atoms with Gasteiger partial charge in [-0.15, -0.1) is 10.2 Å². The van der Waals surface area contributed by atoms with E-state index < -0.39 is 17.5 Å². The summed E-state index contributed by atoms with van der Waals surface area (Å²) < 4.78 is 28.2. The summed E-state index contributed by atoms with van der Waals surface area (Å²) in [4.78, 5) is 16.5. The standard InChI is InChI=1S/C23H14F2N6O/c24-18-7-6-15(12-19(18)25)23(32)27-17-5-1-3-14(11-17)20-8-9-21-28-29-22(31(21)30-20)16-4-2-10-26-13-16/h1-13H,(H,27,32). The summed E-state index contributed by atoms with van der Waals surface area (Å²) in [5.74, 6) is -2.09. The van der Waals surface area contributed by atoms with E-state index in [0.717, 1.165) is 23.3 Å². The van der Waals surface area contributed by atoms with Crippen LogP contribution in [0.15, 0.2) is 79.1 Å². The molecule has 0 bridgehead atoms. The van der Waals surface area contributed by atoms with Gasteiger partial charge in [0.1, 0.15) is 0 Å². The summed E-state index contributed by atoms with van der Waals surface area (Å²) in [7, 11) is 0. The molecule has 0 aliphatic rings. The lowest BCUT2D eigenvalue weighted by atomic mass is 10.1. The van der Waals surface area contributed by atoms with Crippen molar-refractivity contribution in [2.45, 2.75) is 0 Å². The van der Waals surface area contributed by atoms with E-state index in [1.54, 1.807) is 53.3 Å². The Kier molecular flexibility index (Phi) is 4.83. The zero-order chi connectivity index (χ0) is 22.1. The Morgan fingerprint density at radius 1 is 0.875 bits per heavy atom. The number of anilines is 1. The summed E-state index contributed by atoms with van der Waals surface area (Å²) >= 11 is 0. The number of rotatable bonds is 4. The van der Waals surface area contributed by atoms with Crippen molar-refractivity contribution in [1.82, 2.24) is 24.8 Å². The molecule has 5 rings (SSSR count). The quantitative estimate of drug-likeness (QED) is 0.459. The summed E-state index contributed by atoms with van der Waals surface area (Å²) in [6.07, 6.45) is 3.35. The van der Waals surface area contributed by atoms with Crippen molar-refractivity contribution in [1.29, 1.82) is 0 Å². The molecule has 2 aromatic carbocycles. The molecule has 0 saturated heterocycles. The van der Waals surface area contributed by atoms with Crippen LogP contribution in [-0.4, -0.2) is 30.7 Å². The molecule has 0 fully saturated rings. The molecule has 1 amide bonds. The Bertz CT molecular complexity index is 1450. The van der Waals surface area contributed by atoms with E-state index in [4.69, 9.17) is 0 Å². The van der Waals surface area contributed by atoms with Gasteiger partial charge < -0.3 is 5.32 Å². The number of carbonyl (C=O) groups excluding carboxylic acids is 1. The molecule has 0 aliphatic carbocycles. The van der Waals surface area contributed by atoms with Crippen molar-refractivity contribution in [2.75, 3.05) is 5.32 Å². The number of pyridine rings is 1. The van der Waals surface area contributed by atoms with E-state index in [2.05, 4.69) is 25.6 Å². The van der Waals surface area contributed by atoms with Gasteiger partial charge >= 0.3 is 0 Å². The molecule has 0 saturated carbocycles. The molecule has 0 unspecified atom stereocenters. The van der Waals surface area contributed by atoms with Crippen LogP contribution in [0.5, 0.6) is 0 Å². The van der Waals surface area contributed by atoms with Gasteiger partial charge in [0, 0.05) is 34.8 Å². The molecule has 0 radical (unpaired) electrons. The van der Waals surface area contributed by atoms with Crippen molar-refractivity contribution >= 4 is 17.2 Å². The minimum absolute atomic E-state index is 0.0134. The van der Waals surface area contributed by atoms with Crippen LogP contribution in [-0.2, 0) is 0 Å². The Morgan fingerprint density at radius 2 is 1.75 bits per heavy atom. The largest absolute Gasteiger partial charge is 0.322 e. The van der Waals surface area contributed by atoms with Gasteiger partial charge in [0.15, 0.2) is 23.1 Å². The lowest BCUT2D eigenvalue weighted by Crippen LogP contribution is -2.12. The number of hydrogen-bond donors (Lipinski definition) is 1. The Morgan fingerprint density at radius 3 is 2.56 bits per heavy atom. The third-order valence-corrected chi connectivity index (χ3v) is 4.78. The molecule has 156 valence electrons. The van der Waals surface area contributed by atoms with Crippen LogP contribution < -0.4 is 5.32 Å². The highest BCUT2D eigenvalue weighted by atomic mass is 19.2. The molecule has 3 heterocycles. The fraction of sp³-hybridized carbons (Fsp3) is 0. The average molecular weight is 428 g/mol. The topological polar surface area (TPSA) is 85.1 Å². The first-order valence-corrected chi connectivity index (χ1v) is 9.58. The van der Waals surface area contributed by atoms with Gasteiger partial charge in [-0.3, -0.25) is 9.78 Å². The second kappa shape index (κ2) is 7.95. The fourth-order valence-corrected chi connectivity index (χ4v) is 3.21. The van der Waals surface area contributed by atoms with Gasteiger partial charge in [-0.25, -0.2) is 8.78 Å². The van der Waals surface area contributed by atoms with Gasteiger partial charge in [0.05, 0.1) is 5.69 Å². The minimum Gasteiger partial charge on any atom is -0.322 e. The first kappa shape index (κ1) is 19.4. The summed E-state index contributed by atoms with van der Waals surface area (Å²) in [6.45, 7) is 0. The number of nitrogens with zero attached hydrogens (tertiary/aromatic N) is 5. The maximum absolute atomic E-state index is 13.4. The van der Waals surface area contributed by atoms with Crippen LogP contribution in [0, 0.1) is 11.6 Å². The van der Waals surface area contributed by atoms with Crippen molar-refractivity contribution in [3.8, 4) is 22.6 Å². The average Bonchev–Trinajstić information content (AvgIpc) is 3.25. The molecule has 9 heteroatoms. The number of aromatic nitrogens is 5. The molecule has 0 aliphatic heterocycles. The highest BCUT2D eigenvalue weighted by molar-refractivity contribution is 6.04. The van der Waals surface area contributed by atoms with Gasteiger partial charge in [0.25, 0.3) is 5.91 Å². The van der Waals surface area contributed by atoms with Gasteiger partial charge in [-0.2, -0.15) is 9.61 Å². The molecular formula is C23H14F2N6O. The van der Waals surface area contributed by atoms with Crippen LogP contribution in [0.4, 0.5) is 14.5 Å². The molecule has 32 heavy (non-hydrogen) atoms. The van der Waals surface area contributed by atoms with E-state index in [1.165, 1.54) is 6.07 Å². The van der Waals surface area contributed by atoms with E-state index in [9.17, 15) is 13.6 Å². The van der Waals surface area contributed by atoms with E-state index >= 15 is 0 Å². The Balaban J connectivity index is 1.46. The third-order valence-electron chi connectivity index (χ3n) is 4.78. The summed E-state index contributed by atoms with van der Waals surface area (Å²) in [5, 5.41) is 15.7. The van der Waals surface area contributed by atoms with Gasteiger partial charge in [-0.1, -0.05) is 12.1 Å². The Hall–Kier alpha value is -4.53. The second-order valence-electron chi connectivity index (χ2n) is 6.92. The molecule has 3 aromatic heterocycles. The predicted molar refractivity (Wildman–Crippen MR) is 114 cm³/mol. The number of fused-ring (bicyclic) bond motifs is 1. The highest BCUT2D eigenvalue weighted by Gasteiger charge is 2.13. The van der Waals surface area contributed by atoms with Crippen LogP contribution in [0.25, 0.3) is 28.3 Å². The number of benzene rings is 2. The molecular weight excluding hydrogens is 414 g/mol. The van der Waals surface area contributed by atoms with Crippen molar-refractivity contribution in [3.63, 3.8) is 0 Å². The Labute approximate surface area is 180 Å². The number of hydrogen-bond acceptors (Lipinski definition) is 5. The number of carbonyl (C=O) groups is 1. The van der Waals surface area contributed by atoms with Gasteiger partial charge in [0.2, 0.25) is 0 Å². The maximum Gasteiger partial charge on any atom is 0.255 e. The first-order chi connectivity index (χ1) is 15.6. The second-order valence-corrected chi connectivity index (χ2v) is 6.92. The first-order valence-electron chi connectivity index (χ1n) is 9.58. The summed E-state index contributed by atoms with van der Waals surface area (Å²) in [5.41, 5.74) is 3.22. The minimum atomic E-state index is -1.08. The molecule has 0 spiro atoms. The van der Waals surface area contributed by atoms with Crippen molar-refractivity contribution < 1.29 is 13.6 Å². The zero-order valence-corrected chi connectivity index (χ0v) is 16.4. The highest BCUT2D eigenvalue weighted by Crippen LogP contribution is 2.23. The van der Waals surface area contributed by atoms with Crippen LogP contribution in [0.2, 0.25) is 0 Å². The molecule has 7 nitrogen and oxygen atoms in total. The lowest BCUT2D eigenvalue weighted by Gasteiger charge is -2.08. The smallest absolute Gasteiger partial charge is 0.255 e. The lowest BCUT2D eigenvalue weighted by molar-refractivity contribution is 0.102. The van der Waals surface area contributed by atoms with Crippen molar-refractivity contribution in [3.05, 3.63) is 96.3 Å². The fourth-order valence-electron chi connectivity index (χ4n) is 3.21. The van der Waals surface area contributed by atoms with Crippen LogP contribution in [0.1, 0.15) is 10.4 Å². The predicted octanol–water partition coefficient (Wildman–Crippen LogP) is 4.38.